The van der Waals surface area contributed by atoms with Gasteiger partial charge in [0.05, 0.1) is 0 Å². The van der Waals surface area contributed by atoms with Gasteiger partial charge in [-0.05, 0) is 43.5 Å². The molecule has 1 N–H and O–H groups in total. The van der Waals surface area contributed by atoms with Crippen molar-refractivity contribution in [1.29, 1.82) is 0 Å². The summed E-state index contributed by atoms with van der Waals surface area (Å²) in [5.74, 6) is -0.359. The number of anilines is 1. The van der Waals surface area contributed by atoms with Gasteiger partial charge in [0.2, 0.25) is 0 Å². The highest BCUT2D eigenvalue weighted by molar-refractivity contribution is 6.05. The summed E-state index contributed by atoms with van der Waals surface area (Å²) in [5.41, 5.74) is 3.32. The molecular weight excluding hydrogens is 350 g/mol. The van der Waals surface area contributed by atoms with Crippen molar-refractivity contribution in [2.24, 2.45) is 0 Å². The van der Waals surface area contributed by atoms with Crippen molar-refractivity contribution in [3.63, 3.8) is 0 Å². The van der Waals surface area contributed by atoms with Crippen LogP contribution >= 0.6 is 0 Å². The number of nitrogens with zero attached hydrogens (tertiary/aromatic N) is 2. The summed E-state index contributed by atoms with van der Waals surface area (Å²) in [6.45, 7) is 4.58. The Bertz CT molecular complexity index is 996. The quantitative estimate of drug-likeness (QED) is 0.673. The SMILES string of the molecule is CCCCc1c(C(=O)Nc2ccccc2)c(=O)cc(C)n1Cc1cccnc1. The Morgan fingerprint density at radius 1 is 1.14 bits per heavy atom. The zero-order valence-electron chi connectivity index (χ0n) is 16.3. The molecule has 0 fully saturated rings. The van der Waals surface area contributed by atoms with E-state index in [1.54, 1.807) is 12.3 Å². The van der Waals surface area contributed by atoms with Gasteiger partial charge in [0.15, 0.2) is 5.43 Å². The maximum absolute atomic E-state index is 13.0. The van der Waals surface area contributed by atoms with Crippen LogP contribution in [0.1, 0.15) is 47.1 Å². The Kier molecular flexibility index (Phi) is 6.37. The first-order chi connectivity index (χ1) is 13.6. The predicted octanol–water partition coefficient (Wildman–Crippen LogP) is 4.19. The van der Waals surface area contributed by atoms with Crippen LogP contribution < -0.4 is 10.7 Å². The summed E-state index contributed by atoms with van der Waals surface area (Å²) < 4.78 is 2.06. The van der Waals surface area contributed by atoms with Crippen LogP contribution in [0.5, 0.6) is 0 Å². The van der Waals surface area contributed by atoms with Gasteiger partial charge in [0, 0.05) is 42.1 Å². The Morgan fingerprint density at radius 3 is 2.61 bits per heavy atom. The van der Waals surface area contributed by atoms with Crippen molar-refractivity contribution in [1.82, 2.24) is 9.55 Å². The van der Waals surface area contributed by atoms with Gasteiger partial charge in [0.1, 0.15) is 5.56 Å². The van der Waals surface area contributed by atoms with Gasteiger partial charge in [-0.3, -0.25) is 14.6 Å². The van der Waals surface area contributed by atoms with Crippen molar-refractivity contribution in [3.8, 4) is 0 Å². The van der Waals surface area contributed by atoms with Crippen molar-refractivity contribution in [2.45, 2.75) is 39.7 Å². The molecule has 28 heavy (non-hydrogen) atoms. The molecule has 0 aliphatic rings. The number of amides is 1. The summed E-state index contributed by atoms with van der Waals surface area (Å²) >= 11 is 0. The lowest BCUT2D eigenvalue weighted by atomic mass is 10.0. The molecule has 0 bridgehead atoms. The van der Waals surface area contributed by atoms with Gasteiger partial charge in [-0.2, -0.15) is 0 Å². The number of aromatic nitrogens is 2. The first-order valence-corrected chi connectivity index (χ1v) is 9.58. The minimum Gasteiger partial charge on any atom is -0.343 e. The number of pyridine rings is 2. The Hall–Kier alpha value is -3.21. The third-order valence-electron chi connectivity index (χ3n) is 4.72. The second kappa shape index (κ2) is 9.13. The van der Waals surface area contributed by atoms with Gasteiger partial charge < -0.3 is 9.88 Å². The van der Waals surface area contributed by atoms with E-state index >= 15 is 0 Å². The number of rotatable bonds is 7. The van der Waals surface area contributed by atoms with Gasteiger partial charge in [-0.25, -0.2) is 0 Å². The van der Waals surface area contributed by atoms with Crippen LogP contribution in [0.15, 0.2) is 65.7 Å². The Labute approximate surface area is 165 Å². The fourth-order valence-corrected chi connectivity index (χ4v) is 3.29. The maximum atomic E-state index is 13.0. The molecule has 0 atom stereocenters. The number of para-hydroxylation sites is 1. The van der Waals surface area contributed by atoms with E-state index in [9.17, 15) is 9.59 Å². The Balaban J connectivity index is 2.05. The van der Waals surface area contributed by atoms with E-state index in [0.717, 1.165) is 29.8 Å². The second-order valence-electron chi connectivity index (χ2n) is 6.84. The molecule has 3 aromatic rings. The topological polar surface area (TPSA) is 64.0 Å². The summed E-state index contributed by atoms with van der Waals surface area (Å²) in [6, 6.07) is 14.6. The van der Waals surface area contributed by atoms with Crippen LogP contribution in [0, 0.1) is 6.92 Å². The fraction of sp³-hybridized carbons (Fsp3) is 0.261. The van der Waals surface area contributed by atoms with Crippen LogP contribution in [0.2, 0.25) is 0 Å². The highest BCUT2D eigenvalue weighted by Gasteiger charge is 2.20. The van der Waals surface area contributed by atoms with Crippen LogP contribution in [0.25, 0.3) is 0 Å². The lowest BCUT2D eigenvalue weighted by molar-refractivity contribution is 0.102. The van der Waals surface area contributed by atoms with E-state index in [4.69, 9.17) is 0 Å². The molecule has 0 aliphatic carbocycles. The molecule has 0 radical (unpaired) electrons. The monoisotopic (exact) mass is 375 g/mol. The number of carbonyl (C=O) groups excluding carboxylic acids is 1. The highest BCUT2D eigenvalue weighted by Crippen LogP contribution is 2.17. The van der Waals surface area contributed by atoms with E-state index < -0.39 is 0 Å². The smallest absolute Gasteiger partial charge is 0.261 e. The molecule has 2 aromatic heterocycles. The number of hydrogen-bond donors (Lipinski definition) is 1. The number of benzene rings is 1. The molecule has 3 rings (SSSR count). The molecule has 1 amide bonds. The summed E-state index contributed by atoms with van der Waals surface area (Å²) in [4.78, 5) is 30.0. The van der Waals surface area contributed by atoms with Crippen molar-refractivity contribution < 1.29 is 4.79 Å². The predicted molar refractivity (Wildman–Crippen MR) is 112 cm³/mol. The van der Waals surface area contributed by atoms with Crippen LogP contribution in [-0.2, 0) is 13.0 Å². The third-order valence-corrected chi connectivity index (χ3v) is 4.72. The largest absolute Gasteiger partial charge is 0.343 e. The molecule has 0 saturated heterocycles. The van der Waals surface area contributed by atoms with E-state index in [0.29, 0.717) is 18.7 Å². The second-order valence-corrected chi connectivity index (χ2v) is 6.84. The van der Waals surface area contributed by atoms with Crippen LogP contribution in [0.3, 0.4) is 0 Å². The molecule has 0 spiro atoms. The molecule has 144 valence electrons. The number of hydrogen-bond acceptors (Lipinski definition) is 3. The number of nitrogens with one attached hydrogen (secondary N) is 1. The van der Waals surface area contributed by atoms with Crippen molar-refractivity contribution in [3.05, 3.63) is 93.7 Å². The summed E-state index contributed by atoms with van der Waals surface area (Å²) in [7, 11) is 0. The minimum atomic E-state index is -0.359. The molecule has 0 saturated carbocycles. The van der Waals surface area contributed by atoms with Crippen LogP contribution in [0.4, 0.5) is 5.69 Å². The zero-order valence-corrected chi connectivity index (χ0v) is 16.3. The van der Waals surface area contributed by atoms with Crippen molar-refractivity contribution >= 4 is 11.6 Å². The lowest BCUT2D eigenvalue weighted by Gasteiger charge is -2.20. The highest BCUT2D eigenvalue weighted by atomic mass is 16.2. The standard InChI is InChI=1S/C23H25N3O2/c1-3-4-12-20-22(23(28)25-19-10-6-5-7-11-19)21(27)14-17(2)26(20)16-18-9-8-13-24-15-18/h5-11,13-15H,3-4,12,16H2,1-2H3,(H,25,28). The van der Waals surface area contributed by atoms with Gasteiger partial charge in [-0.1, -0.05) is 37.6 Å². The average Bonchev–Trinajstić information content (AvgIpc) is 2.70. The third kappa shape index (κ3) is 4.55. The number of unbranched alkanes of at least 4 members (excludes halogenated alkanes) is 1. The van der Waals surface area contributed by atoms with E-state index in [1.807, 2.05) is 55.6 Å². The molecular formula is C23H25N3O2. The first kappa shape index (κ1) is 19.5. The van der Waals surface area contributed by atoms with Crippen molar-refractivity contribution in [2.75, 3.05) is 5.32 Å². The zero-order chi connectivity index (χ0) is 19.9. The minimum absolute atomic E-state index is 0.229. The number of aryl methyl sites for hydroxylation is 1. The lowest BCUT2D eigenvalue weighted by Crippen LogP contribution is -2.28. The van der Waals surface area contributed by atoms with Crippen LogP contribution in [-0.4, -0.2) is 15.5 Å². The van der Waals surface area contributed by atoms with Gasteiger partial charge in [0.25, 0.3) is 5.91 Å². The maximum Gasteiger partial charge on any atom is 0.261 e. The van der Waals surface area contributed by atoms with Gasteiger partial charge >= 0.3 is 0 Å². The number of carbonyl (C=O) groups is 1. The first-order valence-electron chi connectivity index (χ1n) is 9.58. The molecule has 1 aromatic carbocycles. The molecule has 0 unspecified atom stereocenters. The van der Waals surface area contributed by atoms with E-state index in [2.05, 4.69) is 21.8 Å². The average molecular weight is 375 g/mol. The van der Waals surface area contributed by atoms with Gasteiger partial charge in [-0.15, -0.1) is 0 Å². The summed E-state index contributed by atoms with van der Waals surface area (Å²) in [5, 5.41) is 2.86. The molecule has 0 aliphatic heterocycles. The van der Waals surface area contributed by atoms with E-state index in [1.165, 1.54) is 0 Å². The Morgan fingerprint density at radius 2 is 1.93 bits per heavy atom. The summed E-state index contributed by atoms with van der Waals surface area (Å²) in [6.07, 6.45) is 6.10. The normalized spacial score (nSPS) is 10.6. The van der Waals surface area contributed by atoms with E-state index in [-0.39, 0.29) is 16.9 Å². The molecule has 2 heterocycles. The molecule has 5 nitrogen and oxygen atoms in total. The fourth-order valence-electron chi connectivity index (χ4n) is 3.29. The molecule has 5 heteroatoms.